The lowest BCUT2D eigenvalue weighted by Gasteiger charge is -2.11. The van der Waals surface area contributed by atoms with Gasteiger partial charge >= 0.3 is 6.36 Å². The molecule has 2 aromatic carbocycles. The third-order valence-corrected chi connectivity index (χ3v) is 2.74. The first-order chi connectivity index (χ1) is 10.9. The van der Waals surface area contributed by atoms with E-state index in [9.17, 15) is 18.3 Å². The summed E-state index contributed by atoms with van der Waals surface area (Å²) < 4.78 is 50.6. The van der Waals surface area contributed by atoms with Crippen LogP contribution in [0.2, 0.25) is 0 Å². The Morgan fingerprint density at radius 2 is 1.43 bits per heavy atom. The van der Waals surface area contributed by atoms with E-state index >= 15 is 0 Å². The zero-order chi connectivity index (χ0) is 16.7. The van der Waals surface area contributed by atoms with Crippen LogP contribution in [0.4, 0.5) is 13.2 Å². The minimum Gasteiger partial charge on any atom is -0.504 e. The fourth-order valence-electron chi connectivity index (χ4n) is 1.75. The molecule has 7 heteroatoms. The molecule has 0 aliphatic heterocycles. The van der Waals surface area contributed by atoms with Gasteiger partial charge in [-0.2, -0.15) is 0 Å². The van der Waals surface area contributed by atoms with E-state index < -0.39 is 6.36 Å². The van der Waals surface area contributed by atoms with Crippen molar-refractivity contribution in [2.24, 2.45) is 0 Å². The van der Waals surface area contributed by atoms with E-state index in [0.717, 1.165) is 0 Å². The van der Waals surface area contributed by atoms with Gasteiger partial charge in [-0.15, -0.1) is 13.2 Å². The number of ether oxygens (including phenoxy) is 3. The van der Waals surface area contributed by atoms with Gasteiger partial charge in [-0.3, -0.25) is 0 Å². The van der Waals surface area contributed by atoms with Gasteiger partial charge in [-0.25, -0.2) is 0 Å². The highest BCUT2D eigenvalue weighted by Crippen LogP contribution is 2.25. The van der Waals surface area contributed by atoms with Crippen LogP contribution in [0, 0.1) is 0 Å². The van der Waals surface area contributed by atoms with E-state index in [4.69, 9.17) is 9.47 Å². The van der Waals surface area contributed by atoms with Gasteiger partial charge in [0.1, 0.15) is 11.5 Å². The third kappa shape index (κ3) is 5.98. The fourth-order valence-corrected chi connectivity index (χ4v) is 1.75. The van der Waals surface area contributed by atoms with Gasteiger partial charge in [-0.05, 0) is 36.4 Å². The molecule has 1 N–H and O–H groups in total. The molecular weight excluding hydrogens is 313 g/mol. The molecule has 2 aromatic rings. The number of alkyl halides is 3. The molecule has 0 saturated heterocycles. The van der Waals surface area contributed by atoms with Crippen molar-refractivity contribution in [1.82, 2.24) is 0 Å². The quantitative estimate of drug-likeness (QED) is 0.776. The largest absolute Gasteiger partial charge is 0.573 e. The monoisotopic (exact) mass is 328 g/mol. The van der Waals surface area contributed by atoms with Gasteiger partial charge in [0, 0.05) is 6.42 Å². The number of phenolic OH excluding ortho intramolecular Hbond substituents is 1. The van der Waals surface area contributed by atoms with Crippen molar-refractivity contribution in [1.29, 1.82) is 0 Å². The zero-order valence-electron chi connectivity index (χ0n) is 12.0. The van der Waals surface area contributed by atoms with E-state index in [2.05, 4.69) is 4.74 Å². The number of rotatable bonds is 7. The Hall–Kier alpha value is -2.57. The Kier molecular flexibility index (Phi) is 5.56. The molecule has 0 atom stereocenters. The van der Waals surface area contributed by atoms with E-state index in [1.165, 1.54) is 30.3 Å². The summed E-state index contributed by atoms with van der Waals surface area (Å²) in [5.74, 6) is 0.588. The molecule has 23 heavy (non-hydrogen) atoms. The van der Waals surface area contributed by atoms with Crippen molar-refractivity contribution >= 4 is 0 Å². The second kappa shape index (κ2) is 7.62. The Bertz CT molecular complexity index is 611. The second-order valence-electron chi connectivity index (χ2n) is 4.54. The van der Waals surface area contributed by atoms with Crippen molar-refractivity contribution < 1.29 is 32.5 Å². The van der Waals surface area contributed by atoms with Crippen LogP contribution in [0.5, 0.6) is 23.0 Å². The SMILES string of the molecule is Oc1ccccc1OCCCOc1ccc(OC(F)(F)F)cc1. The molecule has 0 amide bonds. The van der Waals surface area contributed by atoms with Crippen LogP contribution >= 0.6 is 0 Å². The minimum absolute atomic E-state index is 0.0636. The lowest BCUT2D eigenvalue weighted by molar-refractivity contribution is -0.274. The minimum atomic E-state index is -4.71. The molecule has 0 heterocycles. The van der Waals surface area contributed by atoms with Crippen molar-refractivity contribution in [3.05, 3.63) is 48.5 Å². The molecule has 0 saturated carbocycles. The number of hydrogen-bond acceptors (Lipinski definition) is 4. The van der Waals surface area contributed by atoms with Crippen LogP contribution in [-0.4, -0.2) is 24.7 Å². The average Bonchev–Trinajstić information content (AvgIpc) is 2.49. The molecule has 0 aromatic heterocycles. The fraction of sp³-hybridized carbons (Fsp3) is 0.250. The topological polar surface area (TPSA) is 47.9 Å². The summed E-state index contributed by atoms with van der Waals surface area (Å²) in [5, 5.41) is 9.50. The van der Waals surface area contributed by atoms with E-state index in [1.807, 2.05) is 0 Å². The maximum absolute atomic E-state index is 12.0. The molecule has 124 valence electrons. The van der Waals surface area contributed by atoms with Gasteiger partial charge in [0.05, 0.1) is 13.2 Å². The highest BCUT2D eigenvalue weighted by molar-refractivity contribution is 5.37. The smallest absolute Gasteiger partial charge is 0.504 e. The lowest BCUT2D eigenvalue weighted by atomic mass is 10.3. The van der Waals surface area contributed by atoms with Crippen LogP contribution in [0.15, 0.2) is 48.5 Å². The summed E-state index contributed by atoms with van der Waals surface area (Å²) in [6.07, 6.45) is -4.15. The molecule has 0 unspecified atom stereocenters. The summed E-state index contributed by atoms with van der Waals surface area (Å²) in [5.41, 5.74) is 0. The van der Waals surface area contributed by atoms with Crippen molar-refractivity contribution in [3.63, 3.8) is 0 Å². The maximum Gasteiger partial charge on any atom is 0.573 e. The number of halogens is 3. The summed E-state index contributed by atoms with van der Waals surface area (Å²) in [7, 11) is 0. The van der Waals surface area contributed by atoms with Crippen molar-refractivity contribution in [3.8, 4) is 23.0 Å². The number of benzene rings is 2. The second-order valence-corrected chi connectivity index (χ2v) is 4.54. The molecule has 2 rings (SSSR count). The highest BCUT2D eigenvalue weighted by atomic mass is 19.4. The van der Waals surface area contributed by atoms with Gasteiger partial charge in [0.15, 0.2) is 11.5 Å². The maximum atomic E-state index is 12.0. The van der Waals surface area contributed by atoms with Gasteiger partial charge < -0.3 is 19.3 Å². The number of phenols is 1. The van der Waals surface area contributed by atoms with Crippen molar-refractivity contribution in [2.45, 2.75) is 12.8 Å². The first-order valence-corrected chi connectivity index (χ1v) is 6.83. The van der Waals surface area contributed by atoms with Gasteiger partial charge in [0.25, 0.3) is 0 Å². The third-order valence-electron chi connectivity index (χ3n) is 2.74. The molecule has 0 bridgehead atoms. The lowest BCUT2D eigenvalue weighted by Crippen LogP contribution is -2.17. The first kappa shape index (κ1) is 16.8. The number of para-hydroxylation sites is 2. The molecule has 4 nitrogen and oxygen atoms in total. The van der Waals surface area contributed by atoms with Crippen LogP contribution in [-0.2, 0) is 0 Å². The molecule has 0 aliphatic carbocycles. The average molecular weight is 328 g/mol. The summed E-state index contributed by atoms with van der Waals surface area (Å²) >= 11 is 0. The van der Waals surface area contributed by atoms with Crippen molar-refractivity contribution in [2.75, 3.05) is 13.2 Å². The predicted molar refractivity (Wildman–Crippen MR) is 76.8 cm³/mol. The zero-order valence-corrected chi connectivity index (χ0v) is 12.0. The standard InChI is InChI=1S/C16H15F3O4/c17-16(18,19)23-13-8-6-12(7-9-13)21-10-3-11-22-15-5-2-1-4-14(15)20/h1-2,4-9,20H,3,10-11H2. The molecule has 0 aliphatic rings. The summed E-state index contributed by atoms with van der Waals surface area (Å²) in [6, 6.07) is 11.8. The Balaban J connectivity index is 1.69. The van der Waals surface area contributed by atoms with Crippen LogP contribution in [0.1, 0.15) is 6.42 Å². The predicted octanol–water partition coefficient (Wildman–Crippen LogP) is 4.14. The molecule has 0 fully saturated rings. The van der Waals surface area contributed by atoms with Crippen LogP contribution in [0.25, 0.3) is 0 Å². The highest BCUT2D eigenvalue weighted by Gasteiger charge is 2.30. The van der Waals surface area contributed by atoms with Gasteiger partial charge in [0.2, 0.25) is 0 Å². The van der Waals surface area contributed by atoms with E-state index in [-0.39, 0.29) is 11.5 Å². The van der Waals surface area contributed by atoms with E-state index in [1.54, 1.807) is 18.2 Å². The normalized spacial score (nSPS) is 11.1. The number of aromatic hydroxyl groups is 1. The molecule has 0 spiro atoms. The van der Waals surface area contributed by atoms with Crippen LogP contribution < -0.4 is 14.2 Å². The first-order valence-electron chi connectivity index (χ1n) is 6.83. The summed E-state index contributed by atoms with van der Waals surface area (Å²) in [6.45, 7) is 0.667. The van der Waals surface area contributed by atoms with Gasteiger partial charge in [-0.1, -0.05) is 12.1 Å². The molecule has 0 radical (unpaired) electrons. The Morgan fingerprint density at radius 1 is 0.826 bits per heavy atom. The molecular formula is C16H15F3O4. The summed E-state index contributed by atoms with van der Waals surface area (Å²) in [4.78, 5) is 0. The number of hydrogen-bond donors (Lipinski definition) is 1. The van der Waals surface area contributed by atoms with Crippen LogP contribution in [0.3, 0.4) is 0 Å². The Morgan fingerprint density at radius 3 is 2.09 bits per heavy atom. The Labute approximate surface area is 131 Å². The van der Waals surface area contributed by atoms with E-state index in [0.29, 0.717) is 31.1 Å².